The second-order valence-electron chi connectivity index (χ2n) is 6.47. The highest BCUT2D eigenvalue weighted by atomic mass is 35.5. The summed E-state index contributed by atoms with van der Waals surface area (Å²) in [7, 11) is 0. The molecular formula is C22H17ClN2O4. The molecule has 2 amide bonds. The van der Waals surface area contributed by atoms with Gasteiger partial charge in [0.15, 0.2) is 11.9 Å². The van der Waals surface area contributed by atoms with Crippen LogP contribution in [0.15, 0.2) is 66.7 Å². The highest BCUT2D eigenvalue weighted by Crippen LogP contribution is 2.37. The van der Waals surface area contributed by atoms with E-state index in [0.717, 1.165) is 0 Å². The lowest BCUT2D eigenvalue weighted by Gasteiger charge is -2.15. The van der Waals surface area contributed by atoms with Crippen molar-refractivity contribution in [2.45, 2.75) is 13.0 Å². The van der Waals surface area contributed by atoms with Gasteiger partial charge in [-0.1, -0.05) is 29.8 Å². The molecule has 1 heterocycles. The third-order valence-corrected chi connectivity index (χ3v) is 4.56. The number of benzene rings is 3. The van der Waals surface area contributed by atoms with Crippen LogP contribution in [0.5, 0.6) is 17.2 Å². The van der Waals surface area contributed by atoms with Crippen molar-refractivity contribution in [1.29, 1.82) is 0 Å². The molecule has 0 bridgehead atoms. The van der Waals surface area contributed by atoms with Gasteiger partial charge >= 0.3 is 0 Å². The van der Waals surface area contributed by atoms with E-state index >= 15 is 0 Å². The number of amides is 2. The molecule has 1 aliphatic rings. The van der Waals surface area contributed by atoms with Gasteiger partial charge in [0.1, 0.15) is 11.5 Å². The van der Waals surface area contributed by atoms with Crippen molar-refractivity contribution in [1.82, 2.24) is 0 Å². The van der Waals surface area contributed by atoms with Crippen LogP contribution in [0.4, 0.5) is 11.4 Å². The van der Waals surface area contributed by atoms with Crippen LogP contribution in [-0.4, -0.2) is 17.9 Å². The first-order valence-corrected chi connectivity index (χ1v) is 9.33. The summed E-state index contributed by atoms with van der Waals surface area (Å²) in [5.74, 6) is 0.782. The lowest BCUT2D eigenvalue weighted by Crippen LogP contribution is -2.30. The SMILES string of the molecule is CC(Oc1ccccc1)C(=O)Nc1ccc2c(c1)C(=O)Nc1cc(Cl)ccc1O2. The Bertz CT molecular complexity index is 1090. The van der Waals surface area contributed by atoms with Gasteiger partial charge in [0.05, 0.1) is 11.3 Å². The number of ether oxygens (including phenoxy) is 2. The molecule has 2 N–H and O–H groups in total. The zero-order valence-electron chi connectivity index (χ0n) is 15.4. The van der Waals surface area contributed by atoms with Crippen molar-refractivity contribution in [2.75, 3.05) is 10.6 Å². The molecule has 6 nitrogen and oxygen atoms in total. The zero-order valence-corrected chi connectivity index (χ0v) is 16.2. The zero-order chi connectivity index (χ0) is 20.4. The van der Waals surface area contributed by atoms with Crippen LogP contribution < -0.4 is 20.1 Å². The lowest BCUT2D eigenvalue weighted by molar-refractivity contribution is -0.122. The van der Waals surface area contributed by atoms with Gasteiger partial charge in [-0.3, -0.25) is 9.59 Å². The minimum atomic E-state index is -0.715. The Kier molecular flexibility index (Phi) is 5.10. The molecule has 146 valence electrons. The first-order valence-electron chi connectivity index (χ1n) is 8.95. The van der Waals surface area contributed by atoms with Crippen molar-refractivity contribution >= 4 is 34.8 Å². The molecule has 0 radical (unpaired) electrons. The Morgan fingerprint density at radius 2 is 1.83 bits per heavy atom. The van der Waals surface area contributed by atoms with E-state index in [1.54, 1.807) is 55.5 Å². The average molecular weight is 409 g/mol. The van der Waals surface area contributed by atoms with Crippen molar-refractivity contribution in [3.63, 3.8) is 0 Å². The largest absolute Gasteiger partial charge is 0.481 e. The third kappa shape index (κ3) is 4.17. The molecule has 1 unspecified atom stereocenters. The monoisotopic (exact) mass is 408 g/mol. The molecule has 7 heteroatoms. The van der Waals surface area contributed by atoms with Crippen LogP contribution in [0.2, 0.25) is 5.02 Å². The second kappa shape index (κ2) is 7.85. The Labute approximate surface area is 172 Å². The van der Waals surface area contributed by atoms with Gasteiger partial charge < -0.3 is 20.1 Å². The highest BCUT2D eigenvalue weighted by Gasteiger charge is 2.22. The van der Waals surface area contributed by atoms with Crippen molar-refractivity contribution in [2.24, 2.45) is 0 Å². The smallest absolute Gasteiger partial charge is 0.265 e. The van der Waals surface area contributed by atoms with Crippen LogP contribution in [0, 0.1) is 0 Å². The van der Waals surface area contributed by atoms with E-state index in [-0.39, 0.29) is 11.8 Å². The summed E-state index contributed by atoms with van der Waals surface area (Å²) in [5.41, 5.74) is 1.24. The summed E-state index contributed by atoms with van der Waals surface area (Å²) in [4.78, 5) is 25.1. The maximum absolute atomic E-state index is 12.6. The Hall–Kier alpha value is -3.51. The molecule has 3 aromatic carbocycles. The van der Waals surface area contributed by atoms with Gasteiger partial charge in [-0.15, -0.1) is 0 Å². The molecule has 0 spiro atoms. The summed E-state index contributed by atoms with van der Waals surface area (Å²) in [6, 6.07) is 18.9. The average Bonchev–Trinajstić information content (AvgIpc) is 2.84. The molecule has 0 saturated carbocycles. The molecule has 0 saturated heterocycles. The van der Waals surface area contributed by atoms with Crippen molar-refractivity contribution in [3.8, 4) is 17.2 Å². The summed E-state index contributed by atoms with van der Waals surface area (Å²) in [5, 5.41) is 6.02. The minimum Gasteiger partial charge on any atom is -0.481 e. The number of anilines is 2. The first-order chi connectivity index (χ1) is 14.0. The molecule has 0 aromatic heterocycles. The predicted octanol–water partition coefficient (Wildman–Crippen LogP) is 5.10. The number of rotatable bonds is 4. The van der Waals surface area contributed by atoms with Gasteiger partial charge in [0, 0.05) is 10.7 Å². The van der Waals surface area contributed by atoms with E-state index in [0.29, 0.717) is 39.2 Å². The minimum absolute atomic E-state index is 0.298. The number of carbonyl (C=O) groups excluding carboxylic acids is 2. The molecule has 4 rings (SSSR count). The summed E-state index contributed by atoms with van der Waals surface area (Å²) < 4.78 is 11.5. The fourth-order valence-corrected chi connectivity index (χ4v) is 3.04. The van der Waals surface area contributed by atoms with Gasteiger partial charge in [0.2, 0.25) is 0 Å². The fraction of sp³-hybridized carbons (Fsp3) is 0.0909. The molecule has 3 aromatic rings. The lowest BCUT2D eigenvalue weighted by atomic mass is 10.1. The van der Waals surface area contributed by atoms with Gasteiger partial charge in [-0.25, -0.2) is 0 Å². The fourth-order valence-electron chi connectivity index (χ4n) is 2.87. The van der Waals surface area contributed by atoms with E-state index in [1.807, 2.05) is 18.2 Å². The number of nitrogens with one attached hydrogen (secondary N) is 2. The number of hydrogen-bond acceptors (Lipinski definition) is 4. The summed E-state index contributed by atoms with van der Waals surface area (Å²) in [6.45, 7) is 1.65. The van der Waals surface area contributed by atoms with E-state index < -0.39 is 6.10 Å². The van der Waals surface area contributed by atoms with Crippen molar-refractivity contribution in [3.05, 3.63) is 77.3 Å². The van der Waals surface area contributed by atoms with Crippen LogP contribution in [0.1, 0.15) is 17.3 Å². The molecule has 0 aliphatic carbocycles. The van der Waals surface area contributed by atoms with Crippen LogP contribution in [0.3, 0.4) is 0 Å². The van der Waals surface area contributed by atoms with E-state index in [4.69, 9.17) is 21.1 Å². The number of carbonyl (C=O) groups is 2. The molecular weight excluding hydrogens is 392 g/mol. The predicted molar refractivity (Wildman–Crippen MR) is 111 cm³/mol. The Morgan fingerprint density at radius 3 is 2.62 bits per heavy atom. The second-order valence-corrected chi connectivity index (χ2v) is 6.91. The quantitative estimate of drug-likeness (QED) is 0.629. The maximum atomic E-state index is 12.6. The topological polar surface area (TPSA) is 76.7 Å². The number of hydrogen-bond donors (Lipinski definition) is 2. The molecule has 0 fully saturated rings. The van der Waals surface area contributed by atoms with Crippen LogP contribution in [-0.2, 0) is 4.79 Å². The van der Waals surface area contributed by atoms with Crippen LogP contribution in [0.25, 0.3) is 0 Å². The van der Waals surface area contributed by atoms with E-state index in [2.05, 4.69) is 10.6 Å². The number of halogens is 1. The number of fused-ring (bicyclic) bond motifs is 2. The van der Waals surface area contributed by atoms with Crippen LogP contribution >= 0.6 is 11.6 Å². The maximum Gasteiger partial charge on any atom is 0.265 e. The van der Waals surface area contributed by atoms with Crippen molar-refractivity contribution < 1.29 is 19.1 Å². The third-order valence-electron chi connectivity index (χ3n) is 4.33. The molecule has 1 atom stereocenters. The van der Waals surface area contributed by atoms with Gasteiger partial charge in [-0.05, 0) is 55.5 Å². The highest BCUT2D eigenvalue weighted by molar-refractivity contribution is 6.31. The molecule has 29 heavy (non-hydrogen) atoms. The summed E-state index contributed by atoms with van der Waals surface area (Å²) >= 11 is 5.99. The summed E-state index contributed by atoms with van der Waals surface area (Å²) in [6.07, 6.45) is -0.715. The Morgan fingerprint density at radius 1 is 1.07 bits per heavy atom. The first kappa shape index (κ1) is 18.8. The van der Waals surface area contributed by atoms with E-state index in [9.17, 15) is 9.59 Å². The Balaban J connectivity index is 1.51. The standard InChI is InChI=1S/C22H17ClN2O4/c1-13(28-16-5-3-2-4-6-16)21(26)24-15-8-10-19-17(12-15)22(27)25-18-11-14(23)7-9-20(18)29-19/h2-13H,1H3,(H,24,26)(H,25,27). The van der Waals surface area contributed by atoms with Gasteiger partial charge in [0.25, 0.3) is 11.8 Å². The van der Waals surface area contributed by atoms with Gasteiger partial charge in [-0.2, -0.15) is 0 Å². The normalized spacial score (nSPS) is 13.1. The van der Waals surface area contributed by atoms with E-state index in [1.165, 1.54) is 0 Å². The molecule has 1 aliphatic heterocycles. The number of para-hydroxylation sites is 1.